The van der Waals surface area contributed by atoms with Gasteiger partial charge in [-0.2, -0.15) is 5.10 Å². The van der Waals surface area contributed by atoms with Crippen molar-refractivity contribution in [1.82, 2.24) is 24.0 Å². The van der Waals surface area contributed by atoms with Crippen LogP contribution in [-0.4, -0.2) is 24.0 Å². The molecule has 0 fully saturated rings. The van der Waals surface area contributed by atoms with Crippen molar-refractivity contribution in [2.45, 2.75) is 33.4 Å². The molecule has 0 aliphatic rings. The van der Waals surface area contributed by atoms with Gasteiger partial charge in [0.1, 0.15) is 0 Å². The van der Waals surface area contributed by atoms with Crippen LogP contribution in [0.15, 0.2) is 35.3 Å². The van der Waals surface area contributed by atoms with Gasteiger partial charge in [-0.3, -0.25) is 9.08 Å². The van der Waals surface area contributed by atoms with Gasteiger partial charge in [-0.05, 0) is 31.5 Å². The minimum atomic E-state index is -0.123. The first-order valence-electron chi connectivity index (χ1n) is 6.82. The van der Waals surface area contributed by atoms with Crippen LogP contribution in [0.1, 0.15) is 25.2 Å². The summed E-state index contributed by atoms with van der Waals surface area (Å²) in [5, 5.41) is 8.84. The van der Waals surface area contributed by atoms with Crippen LogP contribution in [-0.2, 0) is 19.5 Å². The van der Waals surface area contributed by atoms with E-state index in [1.165, 1.54) is 4.68 Å². The SMILES string of the molecule is CCc1cc(Cn2nc3ccccn3c2=O)n(CC)n1. The zero-order valence-corrected chi connectivity index (χ0v) is 11.7. The highest BCUT2D eigenvalue weighted by Gasteiger charge is 2.11. The largest absolute Gasteiger partial charge is 0.350 e. The predicted molar refractivity (Wildman–Crippen MR) is 75.8 cm³/mol. The lowest BCUT2D eigenvalue weighted by Crippen LogP contribution is -2.22. The molecule has 0 saturated heterocycles. The number of fused-ring (bicyclic) bond motifs is 1. The molecule has 0 spiro atoms. The molecule has 6 nitrogen and oxygen atoms in total. The van der Waals surface area contributed by atoms with E-state index < -0.39 is 0 Å². The van der Waals surface area contributed by atoms with Crippen LogP contribution in [0.25, 0.3) is 5.65 Å². The van der Waals surface area contributed by atoms with Crippen LogP contribution in [0, 0.1) is 0 Å². The van der Waals surface area contributed by atoms with E-state index in [0.717, 1.165) is 24.4 Å². The standard InChI is InChI=1S/C14H17N5O/c1-3-11-9-12(18(4-2)15-11)10-19-14(20)17-8-6-5-7-13(17)16-19/h5-9H,3-4,10H2,1-2H3. The Hall–Kier alpha value is -2.37. The summed E-state index contributed by atoms with van der Waals surface area (Å²) in [5.74, 6) is 0. The van der Waals surface area contributed by atoms with Crippen molar-refractivity contribution in [3.63, 3.8) is 0 Å². The summed E-state index contributed by atoms with van der Waals surface area (Å²) in [5.41, 5.74) is 2.59. The van der Waals surface area contributed by atoms with Crippen LogP contribution in [0.2, 0.25) is 0 Å². The molecular formula is C14H17N5O. The summed E-state index contributed by atoms with van der Waals surface area (Å²) < 4.78 is 4.96. The molecule has 0 aliphatic heterocycles. The van der Waals surface area contributed by atoms with Gasteiger partial charge >= 0.3 is 5.69 Å². The van der Waals surface area contributed by atoms with Crippen molar-refractivity contribution >= 4 is 5.65 Å². The van der Waals surface area contributed by atoms with Crippen molar-refractivity contribution in [3.05, 3.63) is 52.3 Å². The van der Waals surface area contributed by atoms with Gasteiger partial charge in [0.15, 0.2) is 5.65 Å². The Morgan fingerprint density at radius 3 is 2.70 bits per heavy atom. The van der Waals surface area contributed by atoms with E-state index >= 15 is 0 Å². The molecule has 3 aromatic rings. The Morgan fingerprint density at radius 2 is 2.00 bits per heavy atom. The first-order chi connectivity index (χ1) is 9.72. The number of nitrogens with zero attached hydrogens (tertiary/aromatic N) is 5. The molecule has 0 atom stereocenters. The number of rotatable bonds is 4. The van der Waals surface area contributed by atoms with Crippen molar-refractivity contribution < 1.29 is 0 Å². The maximum absolute atomic E-state index is 12.2. The quantitative estimate of drug-likeness (QED) is 0.719. The summed E-state index contributed by atoms with van der Waals surface area (Å²) in [6.45, 7) is 5.35. The van der Waals surface area contributed by atoms with Gasteiger partial charge in [0.25, 0.3) is 0 Å². The summed E-state index contributed by atoms with van der Waals surface area (Å²) in [6.07, 6.45) is 2.62. The van der Waals surface area contributed by atoms with Gasteiger partial charge in [0, 0.05) is 12.7 Å². The van der Waals surface area contributed by atoms with Gasteiger partial charge in [-0.1, -0.05) is 13.0 Å². The Morgan fingerprint density at radius 1 is 1.15 bits per heavy atom. The molecule has 3 aromatic heterocycles. The van der Waals surface area contributed by atoms with Crippen LogP contribution in [0.3, 0.4) is 0 Å². The molecule has 6 heteroatoms. The highest BCUT2D eigenvalue weighted by Crippen LogP contribution is 2.07. The predicted octanol–water partition coefficient (Wildman–Crippen LogP) is 1.32. The molecule has 104 valence electrons. The summed E-state index contributed by atoms with van der Waals surface area (Å²) >= 11 is 0. The van der Waals surface area contributed by atoms with E-state index in [2.05, 4.69) is 17.1 Å². The molecule has 0 saturated carbocycles. The molecule has 0 amide bonds. The van der Waals surface area contributed by atoms with Gasteiger partial charge in [0.05, 0.1) is 17.9 Å². The summed E-state index contributed by atoms with van der Waals surface area (Å²) in [4.78, 5) is 12.2. The van der Waals surface area contributed by atoms with Crippen LogP contribution in [0.5, 0.6) is 0 Å². The van der Waals surface area contributed by atoms with E-state index in [0.29, 0.717) is 12.2 Å². The van der Waals surface area contributed by atoms with Crippen LogP contribution >= 0.6 is 0 Å². The van der Waals surface area contributed by atoms with E-state index in [4.69, 9.17) is 0 Å². The van der Waals surface area contributed by atoms with Crippen LogP contribution in [0.4, 0.5) is 0 Å². The smallest absolute Gasteiger partial charge is 0.268 e. The number of pyridine rings is 1. The first-order valence-corrected chi connectivity index (χ1v) is 6.82. The van der Waals surface area contributed by atoms with Crippen molar-refractivity contribution in [1.29, 1.82) is 0 Å². The van der Waals surface area contributed by atoms with E-state index in [9.17, 15) is 4.79 Å². The molecule has 3 rings (SSSR count). The number of hydrogen-bond donors (Lipinski definition) is 0. The maximum atomic E-state index is 12.2. The molecule has 0 bridgehead atoms. The highest BCUT2D eigenvalue weighted by atomic mass is 16.2. The zero-order chi connectivity index (χ0) is 14.1. The third-order valence-corrected chi connectivity index (χ3v) is 3.38. The zero-order valence-electron chi connectivity index (χ0n) is 11.7. The monoisotopic (exact) mass is 271 g/mol. The second-order valence-corrected chi connectivity index (χ2v) is 4.67. The number of aromatic nitrogens is 5. The van der Waals surface area contributed by atoms with Crippen molar-refractivity contribution in [2.75, 3.05) is 0 Å². The minimum absolute atomic E-state index is 0.123. The fraction of sp³-hybridized carbons (Fsp3) is 0.357. The van der Waals surface area contributed by atoms with Gasteiger partial charge in [-0.15, -0.1) is 5.10 Å². The van der Waals surface area contributed by atoms with Crippen LogP contribution < -0.4 is 5.69 Å². The molecule has 3 heterocycles. The van der Waals surface area contributed by atoms with Gasteiger partial charge < -0.3 is 0 Å². The third-order valence-electron chi connectivity index (χ3n) is 3.38. The summed E-state index contributed by atoms with van der Waals surface area (Å²) in [6, 6.07) is 7.57. The Labute approximate surface area is 116 Å². The number of aryl methyl sites for hydroxylation is 2. The lowest BCUT2D eigenvalue weighted by molar-refractivity contribution is 0.565. The Bertz CT molecular complexity index is 795. The average molecular weight is 271 g/mol. The third kappa shape index (κ3) is 2.03. The molecule has 0 radical (unpaired) electrons. The fourth-order valence-electron chi connectivity index (χ4n) is 2.31. The van der Waals surface area contributed by atoms with Gasteiger partial charge in [-0.25, -0.2) is 9.48 Å². The molecule has 20 heavy (non-hydrogen) atoms. The normalized spacial score (nSPS) is 11.3. The second-order valence-electron chi connectivity index (χ2n) is 4.67. The topological polar surface area (TPSA) is 57.1 Å². The van der Waals surface area contributed by atoms with Crippen molar-refractivity contribution in [3.8, 4) is 0 Å². The molecule has 0 aromatic carbocycles. The molecule has 0 aliphatic carbocycles. The maximum Gasteiger partial charge on any atom is 0.350 e. The van der Waals surface area contributed by atoms with E-state index in [-0.39, 0.29) is 5.69 Å². The van der Waals surface area contributed by atoms with E-state index in [1.54, 1.807) is 10.6 Å². The average Bonchev–Trinajstić information content (AvgIpc) is 3.01. The highest BCUT2D eigenvalue weighted by molar-refractivity contribution is 5.35. The Kier molecular flexibility index (Phi) is 3.14. The Balaban J connectivity index is 2.03. The minimum Gasteiger partial charge on any atom is -0.268 e. The molecular weight excluding hydrogens is 254 g/mol. The fourth-order valence-corrected chi connectivity index (χ4v) is 2.31. The summed E-state index contributed by atoms with van der Waals surface area (Å²) in [7, 11) is 0. The number of hydrogen-bond acceptors (Lipinski definition) is 3. The first kappa shape index (κ1) is 12.7. The second kappa shape index (κ2) is 4.96. The van der Waals surface area contributed by atoms with E-state index in [1.807, 2.05) is 35.9 Å². The molecule has 0 unspecified atom stereocenters. The van der Waals surface area contributed by atoms with Gasteiger partial charge in [0.2, 0.25) is 0 Å². The van der Waals surface area contributed by atoms with Crippen molar-refractivity contribution in [2.24, 2.45) is 0 Å². The lowest BCUT2D eigenvalue weighted by atomic mass is 10.3. The molecule has 0 N–H and O–H groups in total. The lowest BCUT2D eigenvalue weighted by Gasteiger charge is -2.03.